The highest BCUT2D eigenvalue weighted by Crippen LogP contribution is 2.61. The predicted molar refractivity (Wildman–Crippen MR) is 120 cm³/mol. The standard InChI is InChI=1S/C17H27N3O17P2/c1-6(22)18-10-13(26)11(24)7(4-21)35-16(10)36-39(31,32)37-38(29,30)33-5-8-12(25)14(27)15(34-8)20-3-2-9(23)19-17(20)28/h2-3,7-8,10-16,21,24-27H,4-5H2,1H3,(H,18,22)(H,29,30)(H,31,32)(H,19,23,28)/t7-,8+,10-,11+,12+,13-,14+,15?,16?/m0/s1. The lowest BCUT2D eigenvalue weighted by Crippen LogP contribution is -2.64. The lowest BCUT2D eigenvalue weighted by Gasteiger charge is -2.42. The van der Waals surface area contributed by atoms with Gasteiger partial charge in [-0.15, -0.1) is 0 Å². The predicted octanol–water partition coefficient (Wildman–Crippen LogP) is -4.65. The topological polar surface area (TPSA) is 306 Å². The van der Waals surface area contributed by atoms with Gasteiger partial charge in [0.15, 0.2) is 12.5 Å². The number of rotatable bonds is 10. The number of aromatic nitrogens is 2. The van der Waals surface area contributed by atoms with Crippen molar-refractivity contribution in [3.63, 3.8) is 0 Å². The number of H-pyrrole nitrogens is 1. The Hall–Kier alpha value is -1.87. The van der Waals surface area contributed by atoms with E-state index in [0.717, 1.165) is 23.8 Å². The summed E-state index contributed by atoms with van der Waals surface area (Å²) in [5, 5.41) is 51.9. The van der Waals surface area contributed by atoms with E-state index in [9.17, 15) is 58.8 Å². The Morgan fingerprint density at radius 2 is 1.69 bits per heavy atom. The van der Waals surface area contributed by atoms with E-state index in [4.69, 9.17) is 9.47 Å². The first-order valence-corrected chi connectivity index (χ1v) is 14.0. The van der Waals surface area contributed by atoms with Gasteiger partial charge in [0, 0.05) is 19.2 Å². The molecule has 39 heavy (non-hydrogen) atoms. The lowest BCUT2D eigenvalue weighted by atomic mass is 9.97. The molecule has 0 spiro atoms. The van der Waals surface area contributed by atoms with Crippen LogP contribution in [0.4, 0.5) is 0 Å². The van der Waals surface area contributed by atoms with Crippen molar-refractivity contribution in [2.24, 2.45) is 0 Å². The molecule has 222 valence electrons. The summed E-state index contributed by atoms with van der Waals surface area (Å²) in [7, 11) is -11.1. The second-order valence-corrected chi connectivity index (χ2v) is 11.4. The Morgan fingerprint density at radius 3 is 2.28 bits per heavy atom. The van der Waals surface area contributed by atoms with E-state index in [0.29, 0.717) is 0 Å². The molecule has 3 rings (SSSR count). The van der Waals surface area contributed by atoms with Crippen molar-refractivity contribution in [2.45, 2.75) is 62.1 Å². The molecule has 2 saturated heterocycles. The van der Waals surface area contributed by atoms with E-state index < -0.39 is 101 Å². The molecule has 0 aliphatic carbocycles. The molecule has 0 bridgehead atoms. The van der Waals surface area contributed by atoms with Crippen LogP contribution in [0, 0.1) is 0 Å². The van der Waals surface area contributed by atoms with Crippen molar-refractivity contribution in [1.29, 1.82) is 0 Å². The first kappa shape index (κ1) is 31.7. The van der Waals surface area contributed by atoms with Crippen LogP contribution < -0.4 is 16.6 Å². The van der Waals surface area contributed by atoms with Crippen molar-refractivity contribution >= 4 is 21.6 Å². The summed E-state index contributed by atoms with van der Waals surface area (Å²) in [5.74, 6) is -0.796. The van der Waals surface area contributed by atoms with Crippen LogP contribution in [-0.4, -0.2) is 113 Å². The number of ether oxygens (including phenoxy) is 2. The van der Waals surface area contributed by atoms with Gasteiger partial charge in [0.05, 0.1) is 13.2 Å². The third-order valence-corrected chi connectivity index (χ3v) is 8.16. The molecule has 2 fully saturated rings. The van der Waals surface area contributed by atoms with Gasteiger partial charge in [-0.3, -0.25) is 28.2 Å². The number of hydrogen-bond acceptors (Lipinski definition) is 15. The van der Waals surface area contributed by atoms with E-state index in [1.165, 1.54) is 0 Å². The average Bonchev–Trinajstić information content (AvgIpc) is 3.10. The van der Waals surface area contributed by atoms with E-state index in [1.807, 2.05) is 4.98 Å². The number of aromatic amines is 1. The number of hydrogen-bond donors (Lipinski definition) is 9. The number of carbonyl (C=O) groups is 1. The minimum Gasteiger partial charge on any atom is -0.394 e. The Labute approximate surface area is 217 Å². The maximum Gasteiger partial charge on any atom is 0.483 e. The normalized spacial score (nSPS) is 36.2. The van der Waals surface area contributed by atoms with Crippen LogP contribution in [-0.2, 0) is 36.8 Å². The summed E-state index contributed by atoms with van der Waals surface area (Å²) >= 11 is 0. The van der Waals surface area contributed by atoms with Gasteiger partial charge in [0.2, 0.25) is 5.91 Å². The maximum atomic E-state index is 12.4. The van der Waals surface area contributed by atoms with Gasteiger partial charge >= 0.3 is 21.3 Å². The molecular formula is C17H27N3O17P2. The average molecular weight is 607 g/mol. The highest BCUT2D eigenvalue weighted by molar-refractivity contribution is 7.61. The minimum absolute atomic E-state index is 0.723. The van der Waals surface area contributed by atoms with Crippen molar-refractivity contribution in [2.75, 3.05) is 13.2 Å². The number of nitrogens with one attached hydrogen (secondary N) is 2. The summed E-state index contributed by atoms with van der Waals surface area (Å²) < 4.78 is 49.2. The van der Waals surface area contributed by atoms with E-state index in [2.05, 4.69) is 18.7 Å². The van der Waals surface area contributed by atoms with E-state index >= 15 is 0 Å². The van der Waals surface area contributed by atoms with Crippen molar-refractivity contribution in [1.82, 2.24) is 14.9 Å². The third kappa shape index (κ3) is 7.66. The fourth-order valence-electron chi connectivity index (χ4n) is 3.76. The molecule has 1 aromatic heterocycles. The Morgan fingerprint density at radius 1 is 1.05 bits per heavy atom. The number of aliphatic hydroxyl groups excluding tert-OH is 5. The van der Waals surface area contributed by atoms with Crippen molar-refractivity contribution in [3.05, 3.63) is 33.1 Å². The maximum absolute atomic E-state index is 12.4. The molecule has 0 aromatic carbocycles. The molecule has 1 amide bonds. The molecule has 0 radical (unpaired) electrons. The summed E-state index contributed by atoms with van der Waals surface area (Å²) in [6.07, 6.45) is -13.0. The van der Waals surface area contributed by atoms with Gasteiger partial charge in [-0.25, -0.2) is 13.9 Å². The van der Waals surface area contributed by atoms with Gasteiger partial charge in [-0.1, -0.05) is 0 Å². The fraction of sp³-hybridized carbons (Fsp3) is 0.706. The molecule has 1 aromatic rings. The zero-order valence-electron chi connectivity index (χ0n) is 19.8. The molecule has 3 heterocycles. The first-order valence-electron chi connectivity index (χ1n) is 11.0. The van der Waals surface area contributed by atoms with Gasteiger partial charge in [0.1, 0.15) is 42.7 Å². The van der Waals surface area contributed by atoms with Crippen LogP contribution in [0.3, 0.4) is 0 Å². The highest BCUT2D eigenvalue weighted by Gasteiger charge is 2.50. The minimum atomic E-state index is -5.63. The summed E-state index contributed by atoms with van der Waals surface area (Å²) in [4.78, 5) is 56.4. The second kappa shape index (κ2) is 12.3. The summed E-state index contributed by atoms with van der Waals surface area (Å²) in [6, 6.07) is -0.766. The number of carbonyl (C=O) groups excluding carboxylic acids is 1. The molecular weight excluding hydrogens is 580 g/mol. The van der Waals surface area contributed by atoms with E-state index in [1.54, 1.807) is 0 Å². The molecule has 0 saturated carbocycles. The quantitative estimate of drug-likeness (QED) is 0.113. The zero-order valence-corrected chi connectivity index (χ0v) is 21.6. The molecule has 4 unspecified atom stereocenters. The number of amides is 1. The van der Waals surface area contributed by atoms with Crippen molar-refractivity contribution < 1.29 is 72.1 Å². The molecule has 2 aliphatic rings. The van der Waals surface area contributed by atoms with Crippen LogP contribution in [0.25, 0.3) is 0 Å². The fourth-order valence-corrected chi connectivity index (χ4v) is 5.92. The van der Waals surface area contributed by atoms with Gasteiger partial charge in [-0.05, 0) is 0 Å². The SMILES string of the molecule is CC(=O)N[C@@H]1C(OP(=O)(O)OP(=O)(O)OC[C@H]2OC(n3ccc(=O)[nH]c3=O)[C@H](O)[C@@H]2O)O[C@@H](CO)[C@@H](O)[C@H]1O. The third-order valence-electron chi connectivity index (χ3n) is 5.56. The number of nitrogens with zero attached hydrogens (tertiary/aromatic N) is 1. The highest BCUT2D eigenvalue weighted by atomic mass is 31.3. The molecule has 2 aliphatic heterocycles. The van der Waals surface area contributed by atoms with Crippen LogP contribution in [0.2, 0.25) is 0 Å². The van der Waals surface area contributed by atoms with Gasteiger partial charge in [-0.2, -0.15) is 4.31 Å². The molecule has 22 heteroatoms. The molecule has 9 N–H and O–H groups in total. The monoisotopic (exact) mass is 607 g/mol. The number of phosphoric acid groups is 2. The Kier molecular flexibility index (Phi) is 10.0. The van der Waals surface area contributed by atoms with Crippen molar-refractivity contribution in [3.8, 4) is 0 Å². The largest absolute Gasteiger partial charge is 0.483 e. The lowest BCUT2D eigenvalue weighted by molar-refractivity contribution is -0.247. The van der Waals surface area contributed by atoms with Crippen LogP contribution >= 0.6 is 15.6 Å². The number of phosphoric ester groups is 2. The van der Waals surface area contributed by atoms with Gasteiger partial charge < -0.3 is 50.1 Å². The summed E-state index contributed by atoms with van der Waals surface area (Å²) in [6.45, 7) is -0.940. The van der Waals surface area contributed by atoms with E-state index in [-0.39, 0.29) is 0 Å². The smallest absolute Gasteiger partial charge is 0.394 e. The summed E-state index contributed by atoms with van der Waals surface area (Å²) in [5.41, 5.74) is -1.75. The zero-order chi connectivity index (χ0) is 29.3. The van der Waals surface area contributed by atoms with Crippen LogP contribution in [0.1, 0.15) is 13.2 Å². The molecule has 20 nitrogen and oxygen atoms in total. The van der Waals surface area contributed by atoms with Crippen LogP contribution in [0.15, 0.2) is 21.9 Å². The van der Waals surface area contributed by atoms with Gasteiger partial charge in [0.25, 0.3) is 5.56 Å². The Balaban J connectivity index is 1.66. The van der Waals surface area contributed by atoms with Crippen LogP contribution in [0.5, 0.6) is 0 Å². The number of aliphatic hydroxyl groups is 5. The Bertz CT molecular complexity index is 1240. The second-order valence-electron chi connectivity index (χ2n) is 8.42. The molecule has 11 atom stereocenters. The first-order chi connectivity index (χ1) is 18.0.